The summed E-state index contributed by atoms with van der Waals surface area (Å²) < 4.78 is 5.21. The van der Waals surface area contributed by atoms with Gasteiger partial charge in [0, 0.05) is 6.42 Å². The molecule has 88 valence electrons. The lowest BCUT2D eigenvalue weighted by Crippen LogP contribution is -2.04. The third-order valence-electron chi connectivity index (χ3n) is 2.76. The summed E-state index contributed by atoms with van der Waals surface area (Å²) in [6.45, 7) is 5.97. The van der Waals surface area contributed by atoms with Crippen molar-refractivity contribution in [3.05, 3.63) is 58.5 Å². The van der Waals surface area contributed by atoms with E-state index in [0.717, 1.165) is 11.1 Å². The van der Waals surface area contributed by atoms with Gasteiger partial charge in [-0.2, -0.15) is 0 Å². The lowest BCUT2D eigenvalue weighted by atomic mass is 10.0. The molecule has 0 unspecified atom stereocenters. The van der Waals surface area contributed by atoms with E-state index in [-0.39, 0.29) is 5.78 Å². The van der Waals surface area contributed by atoms with E-state index in [0.29, 0.717) is 12.2 Å². The van der Waals surface area contributed by atoms with Crippen LogP contribution in [0.15, 0.2) is 34.9 Å². The van der Waals surface area contributed by atoms with E-state index in [2.05, 4.69) is 6.07 Å². The number of aryl methyl sites for hydroxylation is 3. The van der Waals surface area contributed by atoms with Crippen LogP contribution in [0.25, 0.3) is 0 Å². The maximum atomic E-state index is 12.0. The molecule has 0 atom stereocenters. The van der Waals surface area contributed by atoms with Gasteiger partial charge in [0.25, 0.3) is 0 Å². The summed E-state index contributed by atoms with van der Waals surface area (Å²) in [4.78, 5) is 12.0. The molecule has 2 rings (SSSR count). The van der Waals surface area contributed by atoms with Crippen molar-refractivity contribution in [1.29, 1.82) is 0 Å². The van der Waals surface area contributed by atoms with E-state index in [1.54, 1.807) is 6.26 Å². The van der Waals surface area contributed by atoms with Crippen molar-refractivity contribution >= 4 is 5.78 Å². The van der Waals surface area contributed by atoms with Crippen LogP contribution < -0.4 is 0 Å². The molecule has 2 aromatic rings. The predicted octanol–water partition coefficient (Wildman–Crippen LogP) is 3.63. The van der Waals surface area contributed by atoms with Gasteiger partial charge >= 0.3 is 0 Å². The first-order chi connectivity index (χ1) is 8.06. The summed E-state index contributed by atoms with van der Waals surface area (Å²) in [5, 5.41) is 0. The fourth-order valence-corrected chi connectivity index (χ4v) is 2.10. The van der Waals surface area contributed by atoms with E-state index in [4.69, 9.17) is 4.42 Å². The molecule has 0 amide bonds. The molecular formula is C15H16O2. The van der Waals surface area contributed by atoms with Gasteiger partial charge in [-0.3, -0.25) is 4.79 Å². The Hall–Kier alpha value is -1.83. The molecule has 17 heavy (non-hydrogen) atoms. The van der Waals surface area contributed by atoms with Crippen molar-refractivity contribution in [2.45, 2.75) is 27.2 Å². The molecule has 0 spiro atoms. The van der Waals surface area contributed by atoms with Crippen LogP contribution in [-0.2, 0) is 6.42 Å². The first-order valence-corrected chi connectivity index (χ1v) is 5.71. The Kier molecular flexibility index (Phi) is 3.14. The quantitative estimate of drug-likeness (QED) is 0.751. The second kappa shape index (κ2) is 4.58. The van der Waals surface area contributed by atoms with Crippen molar-refractivity contribution in [3.8, 4) is 0 Å². The van der Waals surface area contributed by atoms with Crippen LogP contribution in [0.1, 0.15) is 32.8 Å². The van der Waals surface area contributed by atoms with Crippen molar-refractivity contribution in [3.63, 3.8) is 0 Å². The molecule has 0 radical (unpaired) electrons. The maximum absolute atomic E-state index is 12.0. The van der Waals surface area contributed by atoms with Gasteiger partial charge in [0.1, 0.15) is 0 Å². The fraction of sp³-hybridized carbons (Fsp3) is 0.267. The second-order valence-corrected chi connectivity index (χ2v) is 4.53. The number of rotatable bonds is 3. The van der Waals surface area contributed by atoms with Gasteiger partial charge in [-0.25, -0.2) is 0 Å². The monoisotopic (exact) mass is 228 g/mol. The number of carbonyl (C=O) groups is 1. The van der Waals surface area contributed by atoms with Crippen LogP contribution in [-0.4, -0.2) is 5.78 Å². The summed E-state index contributed by atoms with van der Waals surface area (Å²) in [6, 6.07) is 8.01. The highest BCUT2D eigenvalue weighted by Crippen LogP contribution is 2.15. The van der Waals surface area contributed by atoms with Crippen LogP contribution in [0.5, 0.6) is 0 Å². The highest BCUT2D eigenvalue weighted by molar-refractivity contribution is 5.96. The summed E-state index contributed by atoms with van der Waals surface area (Å²) >= 11 is 0. The average Bonchev–Trinajstić information content (AvgIpc) is 2.62. The van der Waals surface area contributed by atoms with E-state index >= 15 is 0 Å². The molecule has 0 N–H and O–H groups in total. The number of carbonyl (C=O) groups excluding carboxylic acids is 1. The molecule has 0 bridgehead atoms. The molecule has 2 heteroatoms. The zero-order valence-corrected chi connectivity index (χ0v) is 10.4. The van der Waals surface area contributed by atoms with Gasteiger partial charge in [-0.15, -0.1) is 0 Å². The van der Waals surface area contributed by atoms with Gasteiger partial charge in [0.05, 0.1) is 6.26 Å². The number of benzene rings is 1. The molecule has 1 heterocycles. The summed E-state index contributed by atoms with van der Waals surface area (Å²) in [5.74, 6) is 0.515. The molecule has 0 aliphatic carbocycles. The minimum Gasteiger partial charge on any atom is -0.461 e. The van der Waals surface area contributed by atoms with E-state index < -0.39 is 0 Å². The Morgan fingerprint density at radius 3 is 2.29 bits per heavy atom. The number of ketones is 1. The van der Waals surface area contributed by atoms with Gasteiger partial charge in [-0.1, -0.05) is 29.3 Å². The Morgan fingerprint density at radius 2 is 1.76 bits per heavy atom. The van der Waals surface area contributed by atoms with Crippen molar-refractivity contribution in [2.75, 3.05) is 0 Å². The fourth-order valence-electron chi connectivity index (χ4n) is 2.10. The number of furan rings is 1. The molecule has 0 aliphatic heterocycles. The van der Waals surface area contributed by atoms with Crippen molar-refractivity contribution < 1.29 is 9.21 Å². The van der Waals surface area contributed by atoms with E-state index in [1.165, 1.54) is 11.1 Å². The molecule has 0 saturated carbocycles. The third-order valence-corrected chi connectivity index (χ3v) is 2.76. The third kappa shape index (κ3) is 2.64. The van der Waals surface area contributed by atoms with Crippen LogP contribution in [0, 0.1) is 20.8 Å². The van der Waals surface area contributed by atoms with Crippen molar-refractivity contribution in [1.82, 2.24) is 0 Å². The molecule has 0 saturated heterocycles. The molecule has 2 nitrogen and oxygen atoms in total. The maximum Gasteiger partial charge on any atom is 0.202 e. The van der Waals surface area contributed by atoms with Gasteiger partial charge in [0.15, 0.2) is 5.76 Å². The molecule has 1 aromatic carbocycles. The number of Topliss-reactive ketones (excluding diaryl/α,β-unsaturated/α-hetero) is 1. The Bertz CT molecular complexity index is 530. The topological polar surface area (TPSA) is 30.2 Å². The molecule has 0 fully saturated rings. The first kappa shape index (κ1) is 11.6. The zero-order valence-electron chi connectivity index (χ0n) is 10.4. The first-order valence-electron chi connectivity index (χ1n) is 5.71. The lowest BCUT2D eigenvalue weighted by molar-refractivity contribution is 0.0965. The molecular weight excluding hydrogens is 212 g/mol. The minimum atomic E-state index is 0.0394. The zero-order chi connectivity index (χ0) is 12.4. The minimum absolute atomic E-state index is 0.0394. The van der Waals surface area contributed by atoms with E-state index in [1.807, 2.05) is 39.0 Å². The van der Waals surface area contributed by atoms with Gasteiger partial charge < -0.3 is 4.42 Å². The van der Waals surface area contributed by atoms with Gasteiger partial charge in [-0.05, 0) is 38.0 Å². The smallest absolute Gasteiger partial charge is 0.202 e. The Balaban J connectivity index is 2.21. The number of hydrogen-bond donors (Lipinski definition) is 0. The molecule has 1 aromatic heterocycles. The highest BCUT2D eigenvalue weighted by Gasteiger charge is 2.13. The standard InChI is InChI=1S/C15H16O2/c1-10-6-11(2)8-13(7-10)9-14(16)15-12(3)4-5-17-15/h4-8H,9H2,1-3H3. The number of hydrogen-bond acceptors (Lipinski definition) is 2. The summed E-state index contributed by atoms with van der Waals surface area (Å²) in [6.07, 6.45) is 1.96. The predicted molar refractivity (Wildman–Crippen MR) is 67.4 cm³/mol. The van der Waals surface area contributed by atoms with Crippen LogP contribution in [0.2, 0.25) is 0 Å². The Morgan fingerprint density at radius 1 is 1.12 bits per heavy atom. The summed E-state index contributed by atoms with van der Waals surface area (Å²) in [7, 11) is 0. The SMILES string of the molecule is Cc1cc(C)cc(CC(=O)c2occc2C)c1. The summed E-state index contributed by atoms with van der Waals surface area (Å²) in [5.41, 5.74) is 4.32. The van der Waals surface area contributed by atoms with Crippen LogP contribution in [0.3, 0.4) is 0 Å². The van der Waals surface area contributed by atoms with Crippen molar-refractivity contribution in [2.24, 2.45) is 0 Å². The largest absolute Gasteiger partial charge is 0.461 e. The second-order valence-electron chi connectivity index (χ2n) is 4.53. The van der Waals surface area contributed by atoms with E-state index in [9.17, 15) is 4.79 Å². The molecule has 0 aliphatic rings. The lowest BCUT2D eigenvalue weighted by Gasteiger charge is -2.03. The van der Waals surface area contributed by atoms with Crippen LogP contribution >= 0.6 is 0 Å². The average molecular weight is 228 g/mol. The van der Waals surface area contributed by atoms with Gasteiger partial charge in [0.2, 0.25) is 5.78 Å². The van der Waals surface area contributed by atoms with Crippen LogP contribution in [0.4, 0.5) is 0 Å². The highest BCUT2D eigenvalue weighted by atomic mass is 16.3. The normalized spacial score (nSPS) is 10.5. The Labute approximate surface area is 101 Å².